The molecule has 1 unspecified atom stereocenters. The summed E-state index contributed by atoms with van der Waals surface area (Å²) in [7, 11) is 1.80. The number of carbonyl (C=O) groups is 1. The van der Waals surface area contributed by atoms with Gasteiger partial charge in [0, 0.05) is 24.4 Å². The van der Waals surface area contributed by atoms with Gasteiger partial charge in [0.2, 0.25) is 0 Å². The van der Waals surface area contributed by atoms with Crippen LogP contribution in [0.3, 0.4) is 0 Å². The van der Waals surface area contributed by atoms with E-state index >= 15 is 0 Å². The van der Waals surface area contributed by atoms with Crippen LogP contribution in [0.1, 0.15) is 38.2 Å². The van der Waals surface area contributed by atoms with Crippen LogP contribution in [-0.4, -0.2) is 31.5 Å². The van der Waals surface area contributed by atoms with Crippen molar-refractivity contribution in [3.8, 4) is 5.75 Å². The molecule has 0 aromatic heterocycles. The Hall–Kier alpha value is -1.06. The van der Waals surface area contributed by atoms with Gasteiger partial charge in [-0.15, -0.1) is 0 Å². The molecule has 0 spiro atoms. The van der Waals surface area contributed by atoms with E-state index in [1.54, 1.807) is 7.11 Å². The summed E-state index contributed by atoms with van der Waals surface area (Å²) >= 11 is 0. The number of ether oxygens (including phenoxy) is 1. The fourth-order valence-electron chi connectivity index (χ4n) is 2.72. The second-order valence-electron chi connectivity index (χ2n) is 5.77. The van der Waals surface area contributed by atoms with Gasteiger partial charge in [-0.3, -0.25) is 4.79 Å². The predicted octanol–water partition coefficient (Wildman–Crippen LogP) is 4.00. The maximum absolute atomic E-state index is 12.8. The molecule has 117 valence electrons. The van der Waals surface area contributed by atoms with E-state index in [-0.39, 0.29) is 33.0 Å². The van der Waals surface area contributed by atoms with Crippen LogP contribution in [0.25, 0.3) is 0 Å². The average Bonchev–Trinajstić information content (AvgIpc) is 2.47. The summed E-state index contributed by atoms with van der Waals surface area (Å²) in [5.74, 6) is 0.831. The summed E-state index contributed by atoms with van der Waals surface area (Å²) in [5.41, 5.74) is 6.85. The summed E-state index contributed by atoms with van der Waals surface area (Å²) < 4.78 is 5.22. The SMILES string of the molecule is COc1ccc(PC(=O)c2c(C)cc(C)c(C)c2C)c(C)c1.[Li]. The van der Waals surface area contributed by atoms with Crippen molar-refractivity contribution in [3.63, 3.8) is 0 Å². The largest absolute Gasteiger partial charge is 0.497 e. The standard InChI is InChI=1S/C19H23O2P.Li/c1-11-9-13(3)18(15(5)14(11)4)19(20)22-17-8-7-16(21-6)10-12(17)2;/h7-10,22H,1-6H3;. The molecular formula is C19H23LiO2P. The Bertz CT molecular complexity index is 739. The van der Waals surface area contributed by atoms with Crippen LogP contribution in [0.2, 0.25) is 0 Å². The minimum absolute atomic E-state index is 0. The van der Waals surface area contributed by atoms with Crippen molar-refractivity contribution in [3.05, 3.63) is 57.6 Å². The Kier molecular flexibility index (Phi) is 7.09. The molecule has 0 saturated carbocycles. The molecule has 0 fully saturated rings. The summed E-state index contributed by atoms with van der Waals surface area (Å²) in [6.45, 7) is 10.3. The van der Waals surface area contributed by atoms with Gasteiger partial charge in [0.25, 0.3) is 0 Å². The summed E-state index contributed by atoms with van der Waals surface area (Å²) in [6, 6.07) is 8.01. The molecule has 2 rings (SSSR count). The first-order valence-electron chi connectivity index (χ1n) is 7.38. The van der Waals surface area contributed by atoms with E-state index in [9.17, 15) is 4.79 Å². The van der Waals surface area contributed by atoms with Crippen molar-refractivity contribution in [2.75, 3.05) is 7.11 Å². The molecule has 2 aromatic carbocycles. The number of hydrogen-bond acceptors (Lipinski definition) is 2. The van der Waals surface area contributed by atoms with Crippen molar-refractivity contribution in [2.24, 2.45) is 0 Å². The van der Waals surface area contributed by atoms with Crippen molar-refractivity contribution in [1.29, 1.82) is 0 Å². The molecule has 2 nitrogen and oxygen atoms in total. The maximum Gasteiger partial charge on any atom is 0.186 e. The zero-order chi connectivity index (χ0) is 16.4. The van der Waals surface area contributed by atoms with Gasteiger partial charge in [-0.2, -0.15) is 0 Å². The van der Waals surface area contributed by atoms with Crippen LogP contribution in [0.15, 0.2) is 24.3 Å². The Morgan fingerprint density at radius 1 is 0.913 bits per heavy atom. The van der Waals surface area contributed by atoms with Crippen molar-refractivity contribution < 1.29 is 9.53 Å². The molecule has 0 heterocycles. The fourth-order valence-corrected chi connectivity index (χ4v) is 3.91. The molecule has 2 aromatic rings. The molecule has 0 aliphatic heterocycles. The third kappa shape index (κ3) is 4.27. The van der Waals surface area contributed by atoms with E-state index in [1.807, 2.05) is 39.0 Å². The molecule has 1 atom stereocenters. The molecular weight excluding hydrogens is 298 g/mol. The van der Waals surface area contributed by atoms with E-state index in [2.05, 4.69) is 19.9 Å². The predicted molar refractivity (Wildman–Crippen MR) is 101 cm³/mol. The molecule has 1 radical (unpaired) electrons. The number of hydrogen-bond donors (Lipinski definition) is 0. The Balaban J connectivity index is 0.00000264. The van der Waals surface area contributed by atoms with Crippen LogP contribution in [0, 0.1) is 34.6 Å². The maximum atomic E-state index is 12.8. The van der Waals surface area contributed by atoms with E-state index in [4.69, 9.17) is 4.74 Å². The third-order valence-corrected chi connectivity index (χ3v) is 5.57. The van der Waals surface area contributed by atoms with E-state index in [0.717, 1.165) is 33.3 Å². The quantitative estimate of drug-likeness (QED) is 0.628. The van der Waals surface area contributed by atoms with Crippen LogP contribution in [-0.2, 0) is 0 Å². The Morgan fingerprint density at radius 3 is 2.13 bits per heavy atom. The first-order chi connectivity index (χ1) is 10.3. The number of benzene rings is 2. The number of aryl methyl sites for hydroxylation is 3. The van der Waals surface area contributed by atoms with Gasteiger partial charge in [0.15, 0.2) is 5.52 Å². The number of carbonyl (C=O) groups excluding carboxylic acids is 1. The summed E-state index contributed by atoms with van der Waals surface area (Å²) in [6.07, 6.45) is 0. The smallest absolute Gasteiger partial charge is 0.186 e. The van der Waals surface area contributed by atoms with Crippen LogP contribution >= 0.6 is 8.58 Å². The van der Waals surface area contributed by atoms with Crippen molar-refractivity contribution in [2.45, 2.75) is 34.6 Å². The number of methoxy groups -OCH3 is 1. The minimum atomic E-state index is 0. The van der Waals surface area contributed by atoms with Gasteiger partial charge in [0.1, 0.15) is 5.75 Å². The molecule has 23 heavy (non-hydrogen) atoms. The molecule has 0 saturated heterocycles. The molecule has 0 bridgehead atoms. The summed E-state index contributed by atoms with van der Waals surface area (Å²) in [5, 5.41) is 1.09. The van der Waals surface area contributed by atoms with Gasteiger partial charge >= 0.3 is 0 Å². The normalized spacial score (nSPS) is 10.7. The molecule has 0 N–H and O–H groups in total. The van der Waals surface area contributed by atoms with Crippen LogP contribution < -0.4 is 10.0 Å². The monoisotopic (exact) mass is 321 g/mol. The molecule has 0 amide bonds. The van der Waals surface area contributed by atoms with E-state index < -0.39 is 0 Å². The first-order valence-corrected chi connectivity index (χ1v) is 8.38. The van der Waals surface area contributed by atoms with Crippen molar-refractivity contribution >= 4 is 38.3 Å². The molecule has 4 heteroatoms. The van der Waals surface area contributed by atoms with Gasteiger partial charge < -0.3 is 4.74 Å². The van der Waals surface area contributed by atoms with Gasteiger partial charge in [-0.25, -0.2) is 0 Å². The van der Waals surface area contributed by atoms with Gasteiger partial charge in [0.05, 0.1) is 7.11 Å². The molecule has 0 aliphatic rings. The van der Waals surface area contributed by atoms with E-state index in [1.165, 1.54) is 11.1 Å². The fraction of sp³-hybridized carbons (Fsp3) is 0.316. The van der Waals surface area contributed by atoms with Crippen LogP contribution in [0.4, 0.5) is 0 Å². The Morgan fingerprint density at radius 2 is 1.57 bits per heavy atom. The zero-order valence-corrected chi connectivity index (χ0v) is 16.1. The van der Waals surface area contributed by atoms with Crippen LogP contribution in [0.5, 0.6) is 5.75 Å². The first kappa shape index (κ1) is 20.0. The zero-order valence-electron chi connectivity index (χ0n) is 15.1. The number of rotatable bonds is 4. The summed E-state index contributed by atoms with van der Waals surface area (Å²) in [4.78, 5) is 12.8. The third-order valence-electron chi connectivity index (χ3n) is 4.27. The van der Waals surface area contributed by atoms with E-state index in [0.29, 0.717) is 0 Å². The topological polar surface area (TPSA) is 26.3 Å². The molecule has 0 aliphatic carbocycles. The minimum Gasteiger partial charge on any atom is -0.497 e. The van der Waals surface area contributed by atoms with Gasteiger partial charge in [-0.1, -0.05) is 12.1 Å². The van der Waals surface area contributed by atoms with Gasteiger partial charge in [-0.05, 0) is 88.5 Å². The second-order valence-corrected chi connectivity index (χ2v) is 7.01. The second kappa shape index (κ2) is 8.16. The average molecular weight is 321 g/mol. The van der Waals surface area contributed by atoms with Crippen molar-refractivity contribution in [1.82, 2.24) is 0 Å². The Labute approximate surface area is 153 Å².